The normalized spacial score (nSPS) is 18.9. The largest absolute Gasteiger partial charge is 0.206 e. The fourth-order valence-electron chi connectivity index (χ4n) is 4.70. The highest BCUT2D eigenvalue weighted by Gasteiger charge is 2.21. The number of rotatable bonds is 9. The van der Waals surface area contributed by atoms with E-state index in [9.17, 15) is 8.78 Å². The lowest BCUT2D eigenvalue weighted by molar-refractivity contribution is 0.375. The molecule has 0 atom stereocenters. The summed E-state index contributed by atoms with van der Waals surface area (Å²) in [4.78, 5) is 0. The number of hydrogen-bond acceptors (Lipinski definition) is 0. The van der Waals surface area contributed by atoms with Crippen molar-refractivity contribution in [2.24, 2.45) is 5.92 Å². The highest BCUT2D eigenvalue weighted by atomic mass is 19.2. The van der Waals surface area contributed by atoms with Crippen LogP contribution in [0.2, 0.25) is 0 Å². The van der Waals surface area contributed by atoms with Gasteiger partial charge in [0.05, 0.1) is 0 Å². The van der Waals surface area contributed by atoms with E-state index in [0.29, 0.717) is 40.5 Å². The van der Waals surface area contributed by atoms with Gasteiger partial charge in [-0.3, -0.25) is 0 Å². The molecule has 0 radical (unpaired) electrons. The second-order valence-electron chi connectivity index (χ2n) is 9.17. The second kappa shape index (κ2) is 12.6. The van der Waals surface area contributed by atoms with Crippen molar-refractivity contribution in [2.45, 2.75) is 58.3 Å². The number of benzene rings is 2. The molecule has 0 aliphatic heterocycles. The molecule has 3 heteroatoms. The molecule has 0 saturated heterocycles. The summed E-state index contributed by atoms with van der Waals surface area (Å²) < 4.78 is 44.3. The van der Waals surface area contributed by atoms with Crippen LogP contribution in [0.3, 0.4) is 0 Å². The maximum absolute atomic E-state index is 15.1. The molecular formula is C32H35F3. The van der Waals surface area contributed by atoms with Crippen LogP contribution < -0.4 is 0 Å². The smallest absolute Gasteiger partial charge is 0.166 e. The lowest BCUT2D eigenvalue weighted by Gasteiger charge is -2.27. The fourth-order valence-corrected chi connectivity index (χ4v) is 4.70. The first-order chi connectivity index (χ1) is 16.9. The van der Waals surface area contributed by atoms with Gasteiger partial charge in [0.1, 0.15) is 5.82 Å². The average molecular weight is 477 g/mol. The van der Waals surface area contributed by atoms with Gasteiger partial charge in [-0.25, -0.2) is 13.2 Å². The minimum Gasteiger partial charge on any atom is -0.206 e. The third kappa shape index (κ3) is 6.54. The predicted molar refractivity (Wildman–Crippen MR) is 143 cm³/mol. The van der Waals surface area contributed by atoms with Gasteiger partial charge in [0.15, 0.2) is 11.6 Å². The second-order valence-corrected chi connectivity index (χ2v) is 9.17. The zero-order valence-electron chi connectivity index (χ0n) is 20.8. The molecule has 0 aromatic heterocycles. The molecular weight excluding hydrogens is 441 g/mol. The maximum atomic E-state index is 15.1. The zero-order valence-corrected chi connectivity index (χ0v) is 20.8. The summed E-state index contributed by atoms with van der Waals surface area (Å²) in [5, 5.41) is 0. The Morgan fingerprint density at radius 2 is 1.66 bits per heavy atom. The maximum Gasteiger partial charge on any atom is 0.166 e. The number of halogens is 3. The molecule has 0 N–H and O–H groups in total. The summed E-state index contributed by atoms with van der Waals surface area (Å²) in [5.41, 5.74) is 2.90. The molecule has 2 aromatic carbocycles. The van der Waals surface area contributed by atoms with Crippen molar-refractivity contribution >= 4 is 11.1 Å². The van der Waals surface area contributed by atoms with Gasteiger partial charge in [-0.1, -0.05) is 74.2 Å². The molecule has 1 fully saturated rings. The van der Waals surface area contributed by atoms with Crippen LogP contribution in [0.25, 0.3) is 11.1 Å². The first-order valence-electron chi connectivity index (χ1n) is 12.5. The summed E-state index contributed by atoms with van der Waals surface area (Å²) in [6.07, 6.45) is 16.3. The quantitative estimate of drug-likeness (QED) is 0.250. The van der Waals surface area contributed by atoms with Gasteiger partial charge in [-0.15, -0.1) is 6.58 Å². The fraction of sp³-hybridized carbons (Fsp3) is 0.312. The van der Waals surface area contributed by atoms with E-state index in [-0.39, 0.29) is 11.4 Å². The summed E-state index contributed by atoms with van der Waals surface area (Å²) in [6.45, 7) is 11.6. The van der Waals surface area contributed by atoms with E-state index in [1.165, 1.54) is 0 Å². The molecule has 184 valence electrons. The summed E-state index contributed by atoms with van der Waals surface area (Å²) in [5.74, 6) is -1.11. The highest BCUT2D eigenvalue weighted by molar-refractivity contribution is 5.80. The Kier molecular flexibility index (Phi) is 9.54. The van der Waals surface area contributed by atoms with Gasteiger partial charge >= 0.3 is 0 Å². The Morgan fingerprint density at radius 1 is 0.943 bits per heavy atom. The Bertz CT molecular complexity index is 1140. The number of hydrogen-bond donors (Lipinski definition) is 0. The molecule has 1 aliphatic rings. The van der Waals surface area contributed by atoms with Crippen LogP contribution >= 0.6 is 0 Å². The van der Waals surface area contributed by atoms with Crippen molar-refractivity contribution < 1.29 is 13.2 Å². The monoisotopic (exact) mass is 476 g/mol. The van der Waals surface area contributed by atoms with Crippen LogP contribution in [0.4, 0.5) is 13.2 Å². The Hall–Kier alpha value is -3.07. The van der Waals surface area contributed by atoms with Crippen LogP contribution in [0.5, 0.6) is 0 Å². The molecule has 0 unspecified atom stereocenters. The summed E-state index contributed by atoms with van der Waals surface area (Å²) in [6, 6.07) is 8.59. The Labute approximate surface area is 208 Å². The van der Waals surface area contributed by atoms with Gasteiger partial charge in [-0.2, -0.15) is 0 Å². The van der Waals surface area contributed by atoms with Gasteiger partial charge < -0.3 is 0 Å². The van der Waals surface area contributed by atoms with Crippen LogP contribution in [0.1, 0.15) is 74.1 Å². The SMILES string of the molecule is C=CC1CCC(c2ccc(C(/C=C\C(=C)c3ccc(C/C=C\CC)c(F)c3F)=C/C)c(F)c2)CC1. The highest BCUT2D eigenvalue weighted by Crippen LogP contribution is 2.37. The van der Waals surface area contributed by atoms with Gasteiger partial charge in [0.25, 0.3) is 0 Å². The van der Waals surface area contributed by atoms with Crippen molar-refractivity contribution in [1.82, 2.24) is 0 Å². The van der Waals surface area contributed by atoms with Crippen molar-refractivity contribution in [3.05, 3.63) is 120 Å². The molecule has 0 spiro atoms. The van der Waals surface area contributed by atoms with Crippen LogP contribution in [0, 0.1) is 23.4 Å². The topological polar surface area (TPSA) is 0 Å². The minimum atomic E-state index is -0.911. The molecule has 0 heterocycles. The lowest BCUT2D eigenvalue weighted by atomic mass is 9.78. The summed E-state index contributed by atoms with van der Waals surface area (Å²) >= 11 is 0. The van der Waals surface area contributed by atoms with Gasteiger partial charge in [-0.05, 0) is 85.6 Å². The van der Waals surface area contributed by atoms with E-state index >= 15 is 4.39 Å². The van der Waals surface area contributed by atoms with E-state index in [1.807, 2.05) is 44.2 Å². The van der Waals surface area contributed by atoms with Crippen LogP contribution in [-0.2, 0) is 6.42 Å². The van der Waals surface area contributed by atoms with E-state index in [2.05, 4.69) is 13.2 Å². The third-order valence-corrected chi connectivity index (χ3v) is 6.90. The molecule has 2 aromatic rings. The molecule has 0 amide bonds. The van der Waals surface area contributed by atoms with Crippen molar-refractivity contribution in [3.8, 4) is 0 Å². The van der Waals surface area contributed by atoms with E-state index in [1.54, 1.807) is 36.4 Å². The lowest BCUT2D eigenvalue weighted by Crippen LogP contribution is -2.11. The van der Waals surface area contributed by atoms with Gasteiger partial charge in [0.2, 0.25) is 0 Å². The van der Waals surface area contributed by atoms with Crippen molar-refractivity contribution in [3.63, 3.8) is 0 Å². The van der Waals surface area contributed by atoms with E-state index < -0.39 is 11.6 Å². The third-order valence-electron chi connectivity index (χ3n) is 6.90. The average Bonchev–Trinajstić information content (AvgIpc) is 2.87. The van der Waals surface area contributed by atoms with Gasteiger partial charge in [0, 0.05) is 11.1 Å². The van der Waals surface area contributed by atoms with Crippen LogP contribution in [-0.4, -0.2) is 0 Å². The Morgan fingerprint density at radius 3 is 2.29 bits per heavy atom. The molecule has 1 aliphatic carbocycles. The van der Waals surface area contributed by atoms with E-state index in [0.717, 1.165) is 37.7 Å². The standard InChI is InChI=1S/C32H35F3/c1-5-8-9-10-26-17-19-28(32(35)31(26)34)22(4)11-14-24(7-3)29-20-18-27(21-30(29)33)25-15-12-23(6-2)13-16-25/h6-9,11,14,17-21,23,25H,2,4-5,10,12-13,15-16H2,1,3H3/b9-8-,14-11-,24-7+. The first kappa shape index (κ1) is 26.5. The molecule has 3 rings (SSSR count). The van der Waals surface area contributed by atoms with Crippen LogP contribution in [0.15, 0.2) is 79.9 Å². The Balaban J connectivity index is 1.74. The van der Waals surface area contributed by atoms with Crippen molar-refractivity contribution in [1.29, 1.82) is 0 Å². The summed E-state index contributed by atoms with van der Waals surface area (Å²) in [7, 11) is 0. The van der Waals surface area contributed by atoms with Crippen molar-refractivity contribution in [2.75, 3.05) is 0 Å². The predicted octanol–water partition coefficient (Wildman–Crippen LogP) is 9.75. The van der Waals surface area contributed by atoms with E-state index in [4.69, 9.17) is 0 Å². The zero-order chi connectivity index (χ0) is 25.4. The molecule has 0 nitrogen and oxygen atoms in total. The molecule has 1 saturated carbocycles. The first-order valence-corrected chi connectivity index (χ1v) is 12.5. The molecule has 0 bridgehead atoms. The number of allylic oxidation sites excluding steroid dienone is 8. The molecule has 35 heavy (non-hydrogen) atoms. The minimum absolute atomic E-state index is 0.100.